The summed E-state index contributed by atoms with van der Waals surface area (Å²) in [6, 6.07) is 6.29. The van der Waals surface area contributed by atoms with Crippen LogP contribution in [0.25, 0.3) is 0 Å². The SMILES string of the molecule is CC(C)(C)CC(CC(=O)O)NC(=O)c1ccccc1Cl. The maximum Gasteiger partial charge on any atom is 0.305 e. The second-order valence-corrected chi connectivity index (χ2v) is 6.42. The Bertz CT molecular complexity index is 494. The van der Waals surface area contributed by atoms with Crippen LogP contribution in [0, 0.1) is 5.41 Å². The van der Waals surface area contributed by atoms with E-state index in [0.29, 0.717) is 17.0 Å². The van der Waals surface area contributed by atoms with E-state index in [1.165, 1.54) is 0 Å². The number of hydrogen-bond acceptors (Lipinski definition) is 2. The third-order valence-electron chi connectivity index (χ3n) is 2.73. The molecule has 1 atom stereocenters. The van der Waals surface area contributed by atoms with E-state index in [9.17, 15) is 9.59 Å². The van der Waals surface area contributed by atoms with Crippen molar-refractivity contribution in [3.05, 3.63) is 34.9 Å². The summed E-state index contributed by atoms with van der Waals surface area (Å²) in [6.07, 6.45) is 0.475. The Hall–Kier alpha value is -1.55. The molecule has 5 heteroatoms. The summed E-state index contributed by atoms with van der Waals surface area (Å²) >= 11 is 5.96. The molecule has 2 N–H and O–H groups in total. The molecule has 4 nitrogen and oxygen atoms in total. The van der Waals surface area contributed by atoms with E-state index in [0.717, 1.165) is 0 Å². The first-order valence-electron chi connectivity index (χ1n) is 6.46. The van der Waals surface area contributed by atoms with Gasteiger partial charge in [-0.3, -0.25) is 9.59 Å². The molecule has 1 unspecified atom stereocenters. The van der Waals surface area contributed by atoms with Crippen LogP contribution in [-0.4, -0.2) is 23.0 Å². The summed E-state index contributed by atoms with van der Waals surface area (Å²) in [4.78, 5) is 23.1. The van der Waals surface area contributed by atoms with Crippen molar-refractivity contribution in [1.29, 1.82) is 0 Å². The predicted molar refractivity (Wildman–Crippen MR) is 79.0 cm³/mol. The van der Waals surface area contributed by atoms with Gasteiger partial charge >= 0.3 is 5.97 Å². The number of hydrogen-bond donors (Lipinski definition) is 2. The van der Waals surface area contributed by atoms with Crippen molar-refractivity contribution in [1.82, 2.24) is 5.32 Å². The second-order valence-electron chi connectivity index (χ2n) is 6.01. The number of amides is 1. The van der Waals surface area contributed by atoms with E-state index < -0.39 is 12.0 Å². The van der Waals surface area contributed by atoms with Crippen molar-refractivity contribution in [2.24, 2.45) is 5.41 Å². The molecule has 0 aliphatic carbocycles. The fourth-order valence-electron chi connectivity index (χ4n) is 2.03. The van der Waals surface area contributed by atoms with Crippen molar-refractivity contribution < 1.29 is 14.7 Å². The predicted octanol–water partition coefficient (Wildman–Crippen LogP) is 3.35. The minimum absolute atomic E-state index is 0.0755. The fraction of sp³-hybridized carbons (Fsp3) is 0.467. The fourth-order valence-corrected chi connectivity index (χ4v) is 2.25. The number of rotatable bonds is 5. The third-order valence-corrected chi connectivity index (χ3v) is 3.06. The Labute approximate surface area is 124 Å². The van der Waals surface area contributed by atoms with Crippen molar-refractivity contribution in [3.63, 3.8) is 0 Å². The highest BCUT2D eigenvalue weighted by atomic mass is 35.5. The van der Waals surface area contributed by atoms with Crippen molar-refractivity contribution in [2.45, 2.75) is 39.7 Å². The van der Waals surface area contributed by atoms with Gasteiger partial charge in [0.25, 0.3) is 5.91 Å². The van der Waals surface area contributed by atoms with Gasteiger partial charge in [0.15, 0.2) is 0 Å². The van der Waals surface area contributed by atoms with Gasteiger partial charge in [-0.25, -0.2) is 0 Å². The number of benzene rings is 1. The average Bonchev–Trinajstić information content (AvgIpc) is 2.25. The molecular weight excluding hydrogens is 278 g/mol. The van der Waals surface area contributed by atoms with Gasteiger partial charge in [-0.05, 0) is 24.0 Å². The number of nitrogens with one attached hydrogen (secondary N) is 1. The molecule has 0 spiro atoms. The lowest BCUT2D eigenvalue weighted by Crippen LogP contribution is -2.39. The number of carboxylic acid groups (broad SMARTS) is 1. The van der Waals surface area contributed by atoms with Gasteiger partial charge in [-0.2, -0.15) is 0 Å². The van der Waals surface area contributed by atoms with Crippen LogP contribution in [0.5, 0.6) is 0 Å². The monoisotopic (exact) mass is 297 g/mol. The van der Waals surface area contributed by atoms with E-state index in [1.54, 1.807) is 24.3 Å². The lowest BCUT2D eigenvalue weighted by atomic mass is 9.87. The molecule has 1 aromatic carbocycles. The molecule has 0 bridgehead atoms. The van der Waals surface area contributed by atoms with Gasteiger partial charge in [0.2, 0.25) is 0 Å². The maximum atomic E-state index is 12.2. The Kier molecular flexibility index (Phi) is 5.57. The van der Waals surface area contributed by atoms with Crippen LogP contribution in [0.2, 0.25) is 5.02 Å². The molecule has 0 radical (unpaired) electrons. The van der Waals surface area contributed by atoms with Gasteiger partial charge in [0, 0.05) is 6.04 Å². The maximum absolute atomic E-state index is 12.2. The highest BCUT2D eigenvalue weighted by Crippen LogP contribution is 2.23. The normalized spacial score (nSPS) is 12.8. The molecule has 1 amide bonds. The zero-order valence-electron chi connectivity index (χ0n) is 11.9. The van der Waals surface area contributed by atoms with Crippen molar-refractivity contribution in [3.8, 4) is 0 Å². The molecule has 0 saturated carbocycles. The molecule has 1 rings (SSSR count). The van der Waals surface area contributed by atoms with Gasteiger partial charge in [0.05, 0.1) is 17.0 Å². The Morgan fingerprint density at radius 3 is 2.40 bits per heavy atom. The highest BCUT2D eigenvalue weighted by Gasteiger charge is 2.23. The van der Waals surface area contributed by atoms with Crippen LogP contribution in [0.15, 0.2) is 24.3 Å². The molecule has 0 heterocycles. The molecule has 1 aromatic rings. The number of halogens is 1. The van der Waals surface area contributed by atoms with E-state index in [4.69, 9.17) is 16.7 Å². The zero-order chi connectivity index (χ0) is 15.3. The topological polar surface area (TPSA) is 66.4 Å². The number of carbonyl (C=O) groups is 2. The second kappa shape index (κ2) is 6.75. The van der Waals surface area contributed by atoms with Crippen molar-refractivity contribution in [2.75, 3.05) is 0 Å². The minimum atomic E-state index is -0.932. The first-order chi connectivity index (χ1) is 9.19. The lowest BCUT2D eigenvalue weighted by Gasteiger charge is -2.26. The minimum Gasteiger partial charge on any atom is -0.481 e. The van der Waals surface area contributed by atoms with Crippen LogP contribution in [0.4, 0.5) is 0 Å². The van der Waals surface area contributed by atoms with Gasteiger partial charge in [0.1, 0.15) is 0 Å². The zero-order valence-corrected chi connectivity index (χ0v) is 12.7. The van der Waals surface area contributed by atoms with E-state index in [1.807, 2.05) is 20.8 Å². The molecule has 20 heavy (non-hydrogen) atoms. The number of aliphatic carboxylic acids is 1. The summed E-state index contributed by atoms with van der Waals surface area (Å²) in [5.41, 5.74) is 0.284. The molecule has 0 aliphatic heterocycles. The summed E-state index contributed by atoms with van der Waals surface area (Å²) < 4.78 is 0. The van der Waals surface area contributed by atoms with Crippen LogP contribution < -0.4 is 5.32 Å². The lowest BCUT2D eigenvalue weighted by molar-refractivity contribution is -0.137. The van der Waals surface area contributed by atoms with E-state index in [-0.39, 0.29) is 17.7 Å². The van der Waals surface area contributed by atoms with Crippen LogP contribution >= 0.6 is 11.6 Å². The number of carbonyl (C=O) groups excluding carboxylic acids is 1. The summed E-state index contributed by atoms with van der Waals surface area (Å²) in [5, 5.41) is 12.1. The van der Waals surface area contributed by atoms with Crippen LogP contribution in [0.3, 0.4) is 0 Å². The number of carboxylic acids is 1. The van der Waals surface area contributed by atoms with Gasteiger partial charge < -0.3 is 10.4 Å². The highest BCUT2D eigenvalue weighted by molar-refractivity contribution is 6.33. The van der Waals surface area contributed by atoms with Gasteiger partial charge in [-0.1, -0.05) is 44.5 Å². The van der Waals surface area contributed by atoms with Crippen LogP contribution in [0.1, 0.15) is 44.0 Å². The van der Waals surface area contributed by atoms with Crippen LogP contribution in [-0.2, 0) is 4.79 Å². The smallest absolute Gasteiger partial charge is 0.305 e. The summed E-state index contributed by atoms with van der Waals surface area (Å²) in [5.74, 6) is -1.27. The van der Waals surface area contributed by atoms with Gasteiger partial charge in [-0.15, -0.1) is 0 Å². The summed E-state index contributed by atoms with van der Waals surface area (Å²) in [6.45, 7) is 6.01. The molecule has 0 aromatic heterocycles. The third kappa shape index (κ3) is 5.61. The molecule has 0 saturated heterocycles. The molecule has 0 fully saturated rings. The standard InChI is InChI=1S/C15H20ClNO3/c1-15(2,3)9-10(8-13(18)19)17-14(20)11-6-4-5-7-12(11)16/h4-7,10H,8-9H2,1-3H3,(H,17,20)(H,18,19). The Balaban J connectivity index is 2.81. The van der Waals surface area contributed by atoms with E-state index >= 15 is 0 Å². The molecule has 110 valence electrons. The largest absolute Gasteiger partial charge is 0.481 e. The Morgan fingerprint density at radius 1 is 1.30 bits per heavy atom. The first kappa shape index (κ1) is 16.5. The summed E-state index contributed by atoms with van der Waals surface area (Å²) in [7, 11) is 0. The average molecular weight is 298 g/mol. The molecule has 0 aliphatic rings. The molecular formula is C15H20ClNO3. The quantitative estimate of drug-likeness (QED) is 0.876. The Morgan fingerprint density at radius 2 is 1.90 bits per heavy atom. The first-order valence-corrected chi connectivity index (χ1v) is 6.84. The van der Waals surface area contributed by atoms with Crippen molar-refractivity contribution >= 4 is 23.5 Å². The van der Waals surface area contributed by atoms with E-state index in [2.05, 4.69) is 5.32 Å².